The third-order valence-electron chi connectivity index (χ3n) is 3.08. The van der Waals surface area contributed by atoms with Crippen LogP contribution in [0.5, 0.6) is 0 Å². The van der Waals surface area contributed by atoms with Crippen molar-refractivity contribution < 1.29 is 8.78 Å². The molecular weight excluding hydrogens is 298 g/mol. The third-order valence-corrected chi connectivity index (χ3v) is 4.10. The smallest absolute Gasteiger partial charge is 0.163 e. The summed E-state index contributed by atoms with van der Waals surface area (Å²) in [5, 5.41) is 0. The lowest BCUT2D eigenvalue weighted by Gasteiger charge is -2.13. The second-order valence-corrected chi connectivity index (χ2v) is 5.26. The summed E-state index contributed by atoms with van der Waals surface area (Å²) in [5.74, 6) is -1.61. The molecule has 1 atom stereocenters. The van der Waals surface area contributed by atoms with Crippen molar-refractivity contribution in [2.75, 3.05) is 0 Å². The molecule has 94 valence electrons. The van der Waals surface area contributed by atoms with E-state index >= 15 is 0 Å². The van der Waals surface area contributed by atoms with Crippen LogP contribution in [-0.4, -0.2) is 0 Å². The first-order valence-electron chi connectivity index (χ1n) is 5.66. The Morgan fingerprint density at radius 1 is 1.00 bits per heavy atom. The Balaban J connectivity index is 2.44. The van der Waals surface area contributed by atoms with E-state index in [9.17, 15) is 8.78 Å². The summed E-state index contributed by atoms with van der Waals surface area (Å²) < 4.78 is 26.9. The summed E-state index contributed by atoms with van der Waals surface area (Å²) >= 11 is 3.43. The third kappa shape index (κ3) is 2.46. The van der Waals surface area contributed by atoms with Crippen LogP contribution in [0.1, 0.15) is 27.1 Å². The molecular formula is C15H13BrF2. The molecule has 0 saturated heterocycles. The number of aryl methyl sites for hydroxylation is 2. The fourth-order valence-electron chi connectivity index (χ4n) is 1.82. The van der Waals surface area contributed by atoms with Gasteiger partial charge < -0.3 is 0 Å². The Morgan fingerprint density at radius 2 is 1.72 bits per heavy atom. The Morgan fingerprint density at radius 3 is 2.39 bits per heavy atom. The molecule has 0 amide bonds. The van der Waals surface area contributed by atoms with Crippen LogP contribution in [0.4, 0.5) is 8.78 Å². The minimum absolute atomic E-state index is 0.318. The fourth-order valence-corrected chi connectivity index (χ4v) is 2.46. The molecule has 2 rings (SSSR count). The molecule has 0 fully saturated rings. The molecule has 0 aliphatic carbocycles. The molecule has 0 nitrogen and oxygen atoms in total. The summed E-state index contributed by atoms with van der Waals surface area (Å²) in [6, 6.07) is 10.1. The lowest BCUT2D eigenvalue weighted by atomic mass is 10.00. The average molecular weight is 311 g/mol. The van der Waals surface area contributed by atoms with E-state index in [2.05, 4.69) is 15.9 Å². The molecule has 0 radical (unpaired) electrons. The van der Waals surface area contributed by atoms with Gasteiger partial charge in [0, 0.05) is 5.56 Å². The molecule has 2 aromatic carbocycles. The van der Waals surface area contributed by atoms with E-state index in [4.69, 9.17) is 0 Å². The average Bonchev–Trinajstić information content (AvgIpc) is 2.35. The Bertz CT molecular complexity index is 579. The molecule has 0 aromatic heterocycles. The van der Waals surface area contributed by atoms with Gasteiger partial charge in [-0.2, -0.15) is 0 Å². The summed E-state index contributed by atoms with van der Waals surface area (Å²) in [4.78, 5) is -0.340. The van der Waals surface area contributed by atoms with Crippen molar-refractivity contribution in [2.24, 2.45) is 0 Å². The SMILES string of the molecule is Cc1ccc(C(Br)c2cccc(F)c2F)cc1C. The highest BCUT2D eigenvalue weighted by Gasteiger charge is 2.17. The maximum Gasteiger partial charge on any atom is 0.163 e. The number of benzene rings is 2. The van der Waals surface area contributed by atoms with Gasteiger partial charge in [-0.25, -0.2) is 8.78 Å². The molecule has 0 aliphatic rings. The number of hydrogen-bond donors (Lipinski definition) is 0. The summed E-state index contributed by atoms with van der Waals surface area (Å²) in [5.41, 5.74) is 3.55. The van der Waals surface area contributed by atoms with E-state index in [-0.39, 0.29) is 4.83 Å². The minimum atomic E-state index is -0.819. The lowest BCUT2D eigenvalue weighted by molar-refractivity contribution is 0.500. The van der Waals surface area contributed by atoms with Crippen LogP contribution in [0, 0.1) is 25.5 Å². The van der Waals surface area contributed by atoms with Crippen molar-refractivity contribution >= 4 is 15.9 Å². The first-order chi connectivity index (χ1) is 8.50. The normalized spacial score (nSPS) is 12.5. The van der Waals surface area contributed by atoms with Crippen LogP contribution in [-0.2, 0) is 0 Å². The molecule has 3 heteroatoms. The van der Waals surface area contributed by atoms with Gasteiger partial charge in [-0.15, -0.1) is 0 Å². The Labute approximate surface area is 114 Å². The second-order valence-electron chi connectivity index (χ2n) is 4.35. The van der Waals surface area contributed by atoms with Crippen molar-refractivity contribution in [3.8, 4) is 0 Å². The van der Waals surface area contributed by atoms with Gasteiger partial charge in [-0.1, -0.05) is 46.3 Å². The number of halogens is 3. The zero-order valence-electron chi connectivity index (χ0n) is 10.2. The molecule has 0 spiro atoms. The van der Waals surface area contributed by atoms with Gasteiger partial charge >= 0.3 is 0 Å². The van der Waals surface area contributed by atoms with Gasteiger partial charge in [-0.3, -0.25) is 0 Å². The highest BCUT2D eigenvalue weighted by Crippen LogP contribution is 2.33. The van der Waals surface area contributed by atoms with Crippen LogP contribution in [0.25, 0.3) is 0 Å². The Kier molecular flexibility index (Phi) is 3.81. The van der Waals surface area contributed by atoms with Crippen LogP contribution >= 0.6 is 15.9 Å². The molecule has 0 bridgehead atoms. The molecule has 2 aromatic rings. The maximum atomic E-state index is 13.7. The maximum absolute atomic E-state index is 13.7. The predicted octanol–water partition coefficient (Wildman–Crippen LogP) is 5.07. The number of alkyl halides is 1. The van der Waals surface area contributed by atoms with Crippen molar-refractivity contribution in [1.29, 1.82) is 0 Å². The molecule has 0 saturated carbocycles. The van der Waals surface area contributed by atoms with Gasteiger partial charge in [0.1, 0.15) is 0 Å². The molecule has 0 heterocycles. The topological polar surface area (TPSA) is 0 Å². The van der Waals surface area contributed by atoms with E-state index in [0.717, 1.165) is 17.2 Å². The van der Waals surface area contributed by atoms with Gasteiger partial charge in [-0.05, 0) is 36.6 Å². The first-order valence-corrected chi connectivity index (χ1v) is 6.57. The molecule has 18 heavy (non-hydrogen) atoms. The van der Waals surface area contributed by atoms with Crippen LogP contribution in [0.3, 0.4) is 0 Å². The van der Waals surface area contributed by atoms with Gasteiger partial charge in [0.25, 0.3) is 0 Å². The first kappa shape index (κ1) is 13.2. The summed E-state index contributed by atoms with van der Waals surface area (Å²) in [6.45, 7) is 4.02. The van der Waals surface area contributed by atoms with Crippen molar-refractivity contribution in [2.45, 2.75) is 18.7 Å². The fraction of sp³-hybridized carbons (Fsp3) is 0.200. The van der Waals surface area contributed by atoms with E-state index in [1.165, 1.54) is 11.6 Å². The van der Waals surface area contributed by atoms with Gasteiger partial charge in [0.05, 0.1) is 4.83 Å². The monoisotopic (exact) mass is 310 g/mol. The number of hydrogen-bond acceptors (Lipinski definition) is 0. The Hall–Kier alpha value is -1.22. The van der Waals surface area contributed by atoms with Gasteiger partial charge in [0.15, 0.2) is 11.6 Å². The molecule has 0 aliphatic heterocycles. The zero-order valence-corrected chi connectivity index (χ0v) is 11.8. The summed E-state index contributed by atoms with van der Waals surface area (Å²) in [7, 11) is 0. The van der Waals surface area contributed by atoms with Crippen molar-refractivity contribution in [1.82, 2.24) is 0 Å². The zero-order chi connectivity index (χ0) is 13.3. The van der Waals surface area contributed by atoms with Crippen LogP contribution in [0.15, 0.2) is 36.4 Å². The van der Waals surface area contributed by atoms with E-state index < -0.39 is 11.6 Å². The van der Waals surface area contributed by atoms with Gasteiger partial charge in [0.2, 0.25) is 0 Å². The lowest BCUT2D eigenvalue weighted by Crippen LogP contribution is -1.99. The predicted molar refractivity (Wildman–Crippen MR) is 73.0 cm³/mol. The van der Waals surface area contributed by atoms with E-state index in [0.29, 0.717) is 5.56 Å². The minimum Gasteiger partial charge on any atom is -0.204 e. The summed E-state index contributed by atoms with van der Waals surface area (Å²) in [6.07, 6.45) is 0. The van der Waals surface area contributed by atoms with Crippen LogP contribution < -0.4 is 0 Å². The highest BCUT2D eigenvalue weighted by atomic mass is 79.9. The quantitative estimate of drug-likeness (QED) is 0.680. The second kappa shape index (κ2) is 5.19. The standard InChI is InChI=1S/C15H13BrF2/c1-9-6-7-11(8-10(9)2)14(16)12-4-3-5-13(17)15(12)18/h3-8,14H,1-2H3. The molecule has 0 N–H and O–H groups in total. The highest BCUT2D eigenvalue weighted by molar-refractivity contribution is 9.09. The van der Waals surface area contributed by atoms with Crippen LogP contribution in [0.2, 0.25) is 0 Å². The van der Waals surface area contributed by atoms with E-state index in [1.807, 2.05) is 32.0 Å². The molecule has 1 unspecified atom stereocenters. The van der Waals surface area contributed by atoms with Crippen molar-refractivity contribution in [3.05, 3.63) is 70.3 Å². The van der Waals surface area contributed by atoms with Crippen molar-refractivity contribution in [3.63, 3.8) is 0 Å². The van der Waals surface area contributed by atoms with E-state index in [1.54, 1.807) is 6.07 Å². The number of rotatable bonds is 2. The largest absolute Gasteiger partial charge is 0.204 e.